The first kappa shape index (κ1) is 9.93. The second-order valence-electron chi connectivity index (χ2n) is 3.19. The number of benzene rings is 1. The smallest absolute Gasteiger partial charge is 0.184 e. The predicted molar refractivity (Wildman–Crippen MR) is 58.1 cm³/mol. The van der Waals surface area contributed by atoms with Crippen molar-refractivity contribution in [3.8, 4) is 0 Å². The van der Waals surface area contributed by atoms with Crippen LogP contribution in [0.15, 0.2) is 36.8 Å². The lowest BCUT2D eigenvalue weighted by atomic mass is 10.1. The summed E-state index contributed by atoms with van der Waals surface area (Å²) in [6.07, 6.45) is 3.38. The van der Waals surface area contributed by atoms with Gasteiger partial charge in [0.05, 0.1) is 12.5 Å². The molecule has 1 heterocycles. The molecular formula is C11H9ClN2O. The van der Waals surface area contributed by atoms with Crippen LogP contribution in [-0.4, -0.2) is 15.8 Å². The average Bonchev–Trinajstić information content (AvgIpc) is 2.74. The van der Waals surface area contributed by atoms with E-state index in [2.05, 4.69) is 9.97 Å². The fraction of sp³-hybridized carbons (Fsp3) is 0.0909. The maximum atomic E-state index is 11.7. The third-order valence-electron chi connectivity index (χ3n) is 2.08. The summed E-state index contributed by atoms with van der Waals surface area (Å²) in [7, 11) is 0. The number of nitrogens with one attached hydrogen (secondary N) is 1. The summed E-state index contributed by atoms with van der Waals surface area (Å²) in [6.45, 7) is 0. The van der Waals surface area contributed by atoms with Crippen LogP contribution in [0, 0.1) is 0 Å². The molecule has 0 saturated carbocycles. The molecule has 4 heteroatoms. The van der Waals surface area contributed by atoms with Gasteiger partial charge in [0.25, 0.3) is 0 Å². The van der Waals surface area contributed by atoms with E-state index >= 15 is 0 Å². The number of carbonyl (C=O) groups is 1. The Bertz CT molecular complexity index is 448. The number of H-pyrrole nitrogens is 1. The van der Waals surface area contributed by atoms with Crippen LogP contribution in [0.2, 0.25) is 5.02 Å². The molecule has 15 heavy (non-hydrogen) atoms. The standard InChI is InChI=1S/C11H9ClN2O/c12-9-3-1-8(2-4-9)5-11(15)10-6-13-7-14-10/h1-4,6-7H,5H2,(H,13,14). The predicted octanol–water partition coefficient (Wildman–Crippen LogP) is 2.49. The number of hydrogen-bond donors (Lipinski definition) is 1. The van der Waals surface area contributed by atoms with Gasteiger partial charge in [0, 0.05) is 11.4 Å². The van der Waals surface area contributed by atoms with Gasteiger partial charge >= 0.3 is 0 Å². The SMILES string of the molecule is O=C(Cc1ccc(Cl)cc1)c1cnc[nH]1. The normalized spacial score (nSPS) is 10.2. The molecule has 0 aliphatic carbocycles. The van der Waals surface area contributed by atoms with E-state index in [1.165, 1.54) is 12.5 Å². The number of nitrogens with zero attached hydrogens (tertiary/aromatic N) is 1. The van der Waals surface area contributed by atoms with Gasteiger partial charge in [-0.15, -0.1) is 0 Å². The lowest BCUT2D eigenvalue weighted by molar-refractivity contribution is 0.0988. The number of imidazole rings is 1. The van der Waals surface area contributed by atoms with Crippen LogP contribution in [0.5, 0.6) is 0 Å². The minimum atomic E-state index is 0.0230. The largest absolute Gasteiger partial charge is 0.342 e. The molecule has 0 aliphatic rings. The molecule has 2 aromatic rings. The molecule has 2 rings (SSSR count). The first-order valence-electron chi connectivity index (χ1n) is 4.52. The Kier molecular flexibility index (Phi) is 2.83. The molecule has 0 bridgehead atoms. The Labute approximate surface area is 92.1 Å². The van der Waals surface area contributed by atoms with Crippen LogP contribution in [0.3, 0.4) is 0 Å². The van der Waals surface area contributed by atoms with Crippen molar-refractivity contribution < 1.29 is 4.79 Å². The van der Waals surface area contributed by atoms with E-state index in [1.807, 2.05) is 12.1 Å². The van der Waals surface area contributed by atoms with E-state index in [1.54, 1.807) is 12.1 Å². The zero-order valence-electron chi connectivity index (χ0n) is 7.90. The molecule has 1 aromatic carbocycles. The highest BCUT2D eigenvalue weighted by Gasteiger charge is 2.07. The summed E-state index contributed by atoms with van der Waals surface area (Å²) in [5.41, 5.74) is 1.48. The van der Waals surface area contributed by atoms with Crippen molar-refractivity contribution in [3.63, 3.8) is 0 Å². The minimum Gasteiger partial charge on any atom is -0.342 e. The first-order valence-corrected chi connectivity index (χ1v) is 4.89. The van der Waals surface area contributed by atoms with Crippen molar-refractivity contribution in [2.45, 2.75) is 6.42 Å². The van der Waals surface area contributed by atoms with E-state index in [0.29, 0.717) is 17.1 Å². The summed E-state index contributed by atoms with van der Waals surface area (Å²) >= 11 is 5.75. The van der Waals surface area contributed by atoms with Gasteiger partial charge in [-0.3, -0.25) is 4.79 Å². The minimum absolute atomic E-state index is 0.0230. The molecule has 3 nitrogen and oxygen atoms in total. The van der Waals surface area contributed by atoms with Gasteiger partial charge in [-0.1, -0.05) is 23.7 Å². The number of carbonyl (C=O) groups excluding carboxylic acids is 1. The van der Waals surface area contributed by atoms with Crippen molar-refractivity contribution in [2.75, 3.05) is 0 Å². The number of hydrogen-bond acceptors (Lipinski definition) is 2. The zero-order valence-corrected chi connectivity index (χ0v) is 8.66. The van der Waals surface area contributed by atoms with Gasteiger partial charge in [0.2, 0.25) is 0 Å². The second kappa shape index (κ2) is 4.28. The van der Waals surface area contributed by atoms with Crippen molar-refractivity contribution in [1.82, 2.24) is 9.97 Å². The zero-order chi connectivity index (χ0) is 10.7. The van der Waals surface area contributed by atoms with E-state index in [-0.39, 0.29) is 5.78 Å². The van der Waals surface area contributed by atoms with Gasteiger partial charge in [0.15, 0.2) is 5.78 Å². The van der Waals surface area contributed by atoms with Crippen molar-refractivity contribution in [1.29, 1.82) is 0 Å². The van der Waals surface area contributed by atoms with Crippen LogP contribution in [0.25, 0.3) is 0 Å². The van der Waals surface area contributed by atoms with Crippen LogP contribution in [0.4, 0.5) is 0 Å². The maximum absolute atomic E-state index is 11.7. The van der Waals surface area contributed by atoms with Gasteiger partial charge in [-0.25, -0.2) is 4.98 Å². The number of ketones is 1. The molecule has 1 aromatic heterocycles. The molecule has 0 amide bonds. The molecule has 0 fully saturated rings. The Balaban J connectivity index is 2.09. The van der Waals surface area contributed by atoms with Gasteiger partial charge in [0.1, 0.15) is 5.69 Å². The Morgan fingerprint density at radius 3 is 2.67 bits per heavy atom. The quantitative estimate of drug-likeness (QED) is 0.808. The summed E-state index contributed by atoms with van der Waals surface area (Å²) < 4.78 is 0. The first-order chi connectivity index (χ1) is 7.25. The van der Waals surface area contributed by atoms with Crippen LogP contribution < -0.4 is 0 Å². The fourth-order valence-electron chi connectivity index (χ4n) is 1.29. The van der Waals surface area contributed by atoms with E-state index in [0.717, 1.165) is 5.56 Å². The number of rotatable bonds is 3. The number of Topliss-reactive ketones (excluding diaryl/α,β-unsaturated/α-hetero) is 1. The summed E-state index contributed by atoms with van der Waals surface area (Å²) in [5, 5.41) is 0.674. The Morgan fingerprint density at radius 2 is 2.07 bits per heavy atom. The third-order valence-corrected chi connectivity index (χ3v) is 2.33. The fourth-order valence-corrected chi connectivity index (χ4v) is 1.42. The highest BCUT2D eigenvalue weighted by molar-refractivity contribution is 6.30. The van der Waals surface area contributed by atoms with Gasteiger partial charge in [-0.05, 0) is 17.7 Å². The molecule has 0 aliphatic heterocycles. The Morgan fingerprint density at radius 1 is 1.33 bits per heavy atom. The lowest BCUT2D eigenvalue weighted by Gasteiger charge is -1.98. The van der Waals surface area contributed by atoms with Crippen LogP contribution in [-0.2, 0) is 6.42 Å². The second-order valence-corrected chi connectivity index (χ2v) is 3.63. The molecule has 1 N–H and O–H groups in total. The number of halogens is 1. The van der Waals surface area contributed by atoms with E-state index in [4.69, 9.17) is 11.6 Å². The maximum Gasteiger partial charge on any atom is 0.184 e. The number of aromatic amines is 1. The topological polar surface area (TPSA) is 45.8 Å². The van der Waals surface area contributed by atoms with Gasteiger partial charge < -0.3 is 4.98 Å². The van der Waals surface area contributed by atoms with Gasteiger partial charge in [-0.2, -0.15) is 0 Å². The number of aromatic nitrogens is 2. The molecular weight excluding hydrogens is 212 g/mol. The molecule has 0 saturated heterocycles. The van der Waals surface area contributed by atoms with E-state index in [9.17, 15) is 4.79 Å². The van der Waals surface area contributed by atoms with E-state index < -0.39 is 0 Å². The lowest BCUT2D eigenvalue weighted by Crippen LogP contribution is -2.03. The summed E-state index contributed by atoms with van der Waals surface area (Å²) in [5.74, 6) is 0.0230. The molecule has 0 atom stereocenters. The molecule has 0 spiro atoms. The van der Waals surface area contributed by atoms with Crippen molar-refractivity contribution in [2.24, 2.45) is 0 Å². The molecule has 0 unspecified atom stereocenters. The highest BCUT2D eigenvalue weighted by atomic mass is 35.5. The van der Waals surface area contributed by atoms with Crippen LogP contribution >= 0.6 is 11.6 Å². The van der Waals surface area contributed by atoms with Crippen molar-refractivity contribution in [3.05, 3.63) is 53.1 Å². The van der Waals surface area contributed by atoms with Crippen molar-refractivity contribution >= 4 is 17.4 Å². The molecule has 0 radical (unpaired) electrons. The molecule has 76 valence electrons. The monoisotopic (exact) mass is 220 g/mol. The third kappa shape index (κ3) is 2.44. The van der Waals surface area contributed by atoms with Crippen LogP contribution in [0.1, 0.15) is 16.1 Å². The summed E-state index contributed by atoms with van der Waals surface area (Å²) in [6, 6.07) is 7.24. The Hall–Kier alpha value is -1.61. The highest BCUT2D eigenvalue weighted by Crippen LogP contribution is 2.11. The summed E-state index contributed by atoms with van der Waals surface area (Å²) in [4.78, 5) is 18.2. The average molecular weight is 221 g/mol.